The van der Waals surface area contributed by atoms with Gasteiger partial charge in [-0.25, -0.2) is 4.98 Å². The lowest BCUT2D eigenvalue weighted by atomic mass is 10.1. The molecule has 0 saturated carbocycles. The Hall–Kier alpha value is -2.32. The average molecular weight is 535 g/mol. The number of piperidine rings is 1. The van der Waals surface area contributed by atoms with Gasteiger partial charge in [-0.3, -0.25) is 4.79 Å². The Morgan fingerprint density at radius 1 is 1.11 bits per heavy atom. The first-order chi connectivity index (χ1) is 17.0. The van der Waals surface area contributed by atoms with Crippen LogP contribution in [-0.2, 0) is 13.2 Å². The molecule has 1 saturated heterocycles. The standard InChI is InChI=1S/C26H29Cl2N3O3S/c1-33-22-8-5-19(6-9-22)26(32)31(14-13-30-11-3-2-4-12-30)16-21-18-35-25(29-21)17-34-24-15-20(27)7-10-23(24)28/h5-10,15,18H,2-4,11-14,16-17H2,1H3. The molecule has 0 unspecified atom stereocenters. The highest BCUT2D eigenvalue weighted by Crippen LogP contribution is 2.29. The lowest BCUT2D eigenvalue weighted by molar-refractivity contribution is 0.0713. The minimum atomic E-state index is -0.0128. The second kappa shape index (κ2) is 12.6. The van der Waals surface area contributed by atoms with Crippen LogP contribution in [0.1, 0.15) is 40.3 Å². The van der Waals surface area contributed by atoms with Crippen LogP contribution in [0.2, 0.25) is 10.0 Å². The summed E-state index contributed by atoms with van der Waals surface area (Å²) < 4.78 is 11.1. The topological polar surface area (TPSA) is 54.9 Å². The molecule has 9 heteroatoms. The van der Waals surface area contributed by atoms with Crippen molar-refractivity contribution in [1.29, 1.82) is 0 Å². The molecule has 0 spiro atoms. The average Bonchev–Trinajstić information content (AvgIpc) is 3.34. The molecule has 35 heavy (non-hydrogen) atoms. The van der Waals surface area contributed by atoms with Crippen molar-refractivity contribution in [3.8, 4) is 11.5 Å². The van der Waals surface area contributed by atoms with E-state index >= 15 is 0 Å². The summed E-state index contributed by atoms with van der Waals surface area (Å²) >= 11 is 13.7. The Morgan fingerprint density at radius 2 is 1.89 bits per heavy atom. The first kappa shape index (κ1) is 25.8. The summed E-state index contributed by atoms with van der Waals surface area (Å²) in [5.74, 6) is 1.24. The van der Waals surface area contributed by atoms with Crippen molar-refractivity contribution in [1.82, 2.24) is 14.8 Å². The van der Waals surface area contributed by atoms with Crippen molar-refractivity contribution >= 4 is 40.4 Å². The monoisotopic (exact) mass is 533 g/mol. The van der Waals surface area contributed by atoms with Crippen molar-refractivity contribution in [2.75, 3.05) is 33.3 Å². The number of aromatic nitrogens is 1. The van der Waals surface area contributed by atoms with Crippen LogP contribution in [0.15, 0.2) is 47.8 Å². The summed E-state index contributed by atoms with van der Waals surface area (Å²) in [4.78, 5) is 22.4. The molecule has 1 amide bonds. The molecular formula is C26H29Cl2N3O3S. The van der Waals surface area contributed by atoms with E-state index in [1.165, 1.54) is 30.6 Å². The van der Waals surface area contributed by atoms with Crippen molar-refractivity contribution in [3.05, 3.63) is 74.2 Å². The minimum absolute atomic E-state index is 0.0128. The van der Waals surface area contributed by atoms with Crippen molar-refractivity contribution in [3.63, 3.8) is 0 Å². The number of likely N-dealkylation sites (tertiary alicyclic amines) is 1. The molecule has 2 heterocycles. The Bertz CT molecular complexity index is 1120. The van der Waals surface area contributed by atoms with Crippen LogP contribution in [0.5, 0.6) is 11.5 Å². The number of ether oxygens (including phenoxy) is 2. The number of amides is 1. The highest BCUT2D eigenvalue weighted by Gasteiger charge is 2.20. The van der Waals surface area contributed by atoms with Gasteiger partial charge in [0.2, 0.25) is 0 Å². The van der Waals surface area contributed by atoms with Gasteiger partial charge in [-0.15, -0.1) is 11.3 Å². The van der Waals surface area contributed by atoms with Crippen LogP contribution in [0.25, 0.3) is 0 Å². The maximum absolute atomic E-state index is 13.4. The number of hydrogen-bond donors (Lipinski definition) is 0. The first-order valence-corrected chi connectivity index (χ1v) is 13.3. The third-order valence-corrected chi connectivity index (χ3v) is 7.37. The highest BCUT2D eigenvalue weighted by atomic mass is 35.5. The van der Waals surface area contributed by atoms with Crippen LogP contribution in [0.3, 0.4) is 0 Å². The van der Waals surface area contributed by atoms with Gasteiger partial charge < -0.3 is 19.3 Å². The number of carbonyl (C=O) groups excluding carboxylic acids is 1. The molecule has 0 aliphatic carbocycles. The van der Waals surface area contributed by atoms with E-state index in [1.54, 1.807) is 25.3 Å². The summed E-state index contributed by atoms with van der Waals surface area (Å²) in [6, 6.07) is 12.4. The fraction of sp³-hybridized carbons (Fsp3) is 0.385. The van der Waals surface area contributed by atoms with Gasteiger partial charge >= 0.3 is 0 Å². The molecule has 0 radical (unpaired) electrons. The predicted molar refractivity (Wildman–Crippen MR) is 141 cm³/mol. The number of carbonyl (C=O) groups is 1. The number of nitrogens with zero attached hydrogens (tertiary/aromatic N) is 3. The second-order valence-electron chi connectivity index (χ2n) is 8.45. The van der Waals surface area contributed by atoms with Gasteiger partial charge in [-0.1, -0.05) is 29.6 Å². The molecule has 6 nitrogen and oxygen atoms in total. The maximum atomic E-state index is 13.4. The second-order valence-corrected chi connectivity index (χ2v) is 10.2. The molecule has 1 aromatic heterocycles. The Kier molecular flexibility index (Phi) is 9.26. The molecule has 0 N–H and O–H groups in total. The molecule has 1 aliphatic rings. The number of methoxy groups -OCH3 is 1. The number of benzene rings is 2. The first-order valence-electron chi connectivity index (χ1n) is 11.7. The highest BCUT2D eigenvalue weighted by molar-refractivity contribution is 7.09. The van der Waals surface area contributed by atoms with Gasteiger partial charge in [-0.05, 0) is 62.3 Å². The van der Waals surface area contributed by atoms with E-state index < -0.39 is 0 Å². The number of hydrogen-bond acceptors (Lipinski definition) is 6. The molecule has 186 valence electrons. The molecule has 3 aromatic rings. The van der Waals surface area contributed by atoms with E-state index in [2.05, 4.69) is 4.90 Å². The summed E-state index contributed by atoms with van der Waals surface area (Å²) in [5, 5.41) is 3.85. The molecule has 2 aromatic carbocycles. The summed E-state index contributed by atoms with van der Waals surface area (Å²) in [6.07, 6.45) is 3.73. The van der Waals surface area contributed by atoms with Crippen molar-refractivity contribution < 1.29 is 14.3 Å². The van der Waals surface area contributed by atoms with Crippen LogP contribution >= 0.6 is 34.5 Å². The van der Waals surface area contributed by atoms with Gasteiger partial charge in [0.15, 0.2) is 0 Å². The number of thiazole rings is 1. The third kappa shape index (κ3) is 7.34. The lowest BCUT2D eigenvalue weighted by Gasteiger charge is -2.30. The van der Waals surface area contributed by atoms with E-state index in [4.69, 9.17) is 37.7 Å². The van der Waals surface area contributed by atoms with Gasteiger partial charge in [0, 0.05) is 35.1 Å². The Morgan fingerprint density at radius 3 is 2.63 bits per heavy atom. The molecule has 0 bridgehead atoms. The van der Waals surface area contributed by atoms with Gasteiger partial charge in [-0.2, -0.15) is 0 Å². The fourth-order valence-corrected chi connectivity index (χ4v) is 5.05. The maximum Gasteiger partial charge on any atom is 0.254 e. The van der Waals surface area contributed by atoms with E-state index in [1.807, 2.05) is 34.5 Å². The third-order valence-electron chi connectivity index (χ3n) is 5.96. The Balaban J connectivity index is 1.43. The van der Waals surface area contributed by atoms with E-state index in [9.17, 15) is 4.79 Å². The largest absolute Gasteiger partial charge is 0.497 e. The van der Waals surface area contributed by atoms with E-state index in [0.29, 0.717) is 34.4 Å². The van der Waals surface area contributed by atoms with Crippen LogP contribution in [0, 0.1) is 0 Å². The normalized spacial score (nSPS) is 14.0. The molecule has 1 fully saturated rings. The van der Waals surface area contributed by atoms with E-state index in [0.717, 1.165) is 36.1 Å². The Labute approximate surface area is 220 Å². The molecule has 0 atom stereocenters. The smallest absolute Gasteiger partial charge is 0.254 e. The summed E-state index contributed by atoms with van der Waals surface area (Å²) in [7, 11) is 1.62. The predicted octanol–water partition coefficient (Wildman–Crippen LogP) is 6.17. The zero-order valence-corrected chi connectivity index (χ0v) is 22.0. The van der Waals surface area contributed by atoms with Crippen LogP contribution < -0.4 is 9.47 Å². The fourth-order valence-electron chi connectivity index (χ4n) is 4.02. The molecular weight excluding hydrogens is 505 g/mol. The quantitative estimate of drug-likeness (QED) is 0.312. The van der Waals surface area contributed by atoms with Crippen molar-refractivity contribution in [2.45, 2.75) is 32.4 Å². The minimum Gasteiger partial charge on any atom is -0.497 e. The SMILES string of the molecule is COc1ccc(C(=O)N(CCN2CCCCC2)Cc2csc(COc3cc(Cl)ccc3Cl)n2)cc1. The van der Waals surface area contributed by atoms with Crippen LogP contribution in [-0.4, -0.2) is 54.0 Å². The van der Waals surface area contributed by atoms with Gasteiger partial charge in [0.05, 0.1) is 24.4 Å². The number of rotatable bonds is 10. The summed E-state index contributed by atoms with van der Waals surface area (Å²) in [6.45, 7) is 4.41. The summed E-state index contributed by atoms with van der Waals surface area (Å²) in [5.41, 5.74) is 1.48. The molecule has 1 aliphatic heterocycles. The van der Waals surface area contributed by atoms with E-state index in [-0.39, 0.29) is 12.5 Å². The van der Waals surface area contributed by atoms with Crippen LogP contribution in [0.4, 0.5) is 0 Å². The van der Waals surface area contributed by atoms with Crippen molar-refractivity contribution in [2.24, 2.45) is 0 Å². The van der Waals surface area contributed by atoms with Gasteiger partial charge in [0.1, 0.15) is 23.1 Å². The van der Waals surface area contributed by atoms with Gasteiger partial charge in [0.25, 0.3) is 5.91 Å². The number of halogens is 2. The zero-order chi connectivity index (χ0) is 24.6. The zero-order valence-electron chi connectivity index (χ0n) is 19.7. The lowest BCUT2D eigenvalue weighted by Crippen LogP contribution is -2.40. The molecule has 4 rings (SSSR count).